The third-order valence-electron chi connectivity index (χ3n) is 4.91. The van der Waals surface area contributed by atoms with Crippen molar-refractivity contribution in [3.05, 3.63) is 71.0 Å². The fourth-order valence-electron chi connectivity index (χ4n) is 3.26. The van der Waals surface area contributed by atoms with Gasteiger partial charge in [-0.1, -0.05) is 12.1 Å². The Labute approximate surface area is 174 Å². The second-order valence-corrected chi connectivity index (χ2v) is 7.94. The Morgan fingerprint density at radius 2 is 1.63 bits per heavy atom. The van der Waals surface area contributed by atoms with Crippen LogP contribution in [0.1, 0.15) is 15.2 Å². The van der Waals surface area contributed by atoms with Crippen molar-refractivity contribution in [3.63, 3.8) is 0 Å². The number of amides is 1. The van der Waals surface area contributed by atoms with E-state index in [0.717, 1.165) is 22.7 Å². The lowest BCUT2D eigenvalue weighted by atomic mass is 10.2. The maximum atomic E-state index is 13.1. The minimum Gasteiger partial charge on any atom is -0.353 e. The summed E-state index contributed by atoms with van der Waals surface area (Å²) >= 11 is 1.35. The highest BCUT2D eigenvalue weighted by molar-refractivity contribution is 7.17. The topological polar surface area (TPSA) is 36.4 Å². The number of aromatic nitrogens is 1. The summed E-state index contributed by atoms with van der Waals surface area (Å²) < 4.78 is 51.1. The van der Waals surface area contributed by atoms with Gasteiger partial charge >= 0.3 is 6.18 Å². The summed E-state index contributed by atoms with van der Waals surface area (Å²) in [5.74, 6) is 0.0604. The van der Waals surface area contributed by atoms with Crippen LogP contribution in [0.15, 0.2) is 54.7 Å². The average Bonchev–Trinajstić information content (AvgIpc) is 3.24. The number of pyridine rings is 1. The van der Waals surface area contributed by atoms with Crippen LogP contribution < -0.4 is 4.90 Å². The van der Waals surface area contributed by atoms with Gasteiger partial charge in [0.15, 0.2) is 0 Å². The Morgan fingerprint density at radius 1 is 0.933 bits per heavy atom. The molecule has 2 aromatic heterocycles. The highest BCUT2D eigenvalue weighted by Crippen LogP contribution is 2.31. The van der Waals surface area contributed by atoms with Crippen LogP contribution in [0.4, 0.5) is 23.4 Å². The minimum absolute atomic E-state index is 0.0895. The number of hydrogen-bond donors (Lipinski definition) is 0. The van der Waals surface area contributed by atoms with Crippen LogP contribution in [0.25, 0.3) is 10.4 Å². The Bertz CT molecular complexity index is 1020. The number of halogens is 4. The molecule has 1 amide bonds. The summed E-state index contributed by atoms with van der Waals surface area (Å²) in [5.41, 5.74) is 0.0633. The summed E-state index contributed by atoms with van der Waals surface area (Å²) in [5, 5.41) is 0. The second kappa shape index (κ2) is 8.06. The van der Waals surface area contributed by atoms with Crippen LogP contribution in [-0.2, 0) is 6.18 Å². The molecule has 0 spiro atoms. The van der Waals surface area contributed by atoms with Gasteiger partial charge in [0, 0.05) is 37.3 Å². The lowest BCUT2D eigenvalue weighted by Crippen LogP contribution is -2.48. The molecule has 0 unspecified atom stereocenters. The van der Waals surface area contributed by atoms with E-state index >= 15 is 0 Å². The van der Waals surface area contributed by atoms with Crippen molar-refractivity contribution in [2.45, 2.75) is 6.18 Å². The van der Waals surface area contributed by atoms with Crippen LogP contribution in [0, 0.1) is 5.82 Å². The van der Waals surface area contributed by atoms with E-state index < -0.39 is 11.7 Å². The van der Waals surface area contributed by atoms with Crippen LogP contribution >= 0.6 is 11.3 Å². The van der Waals surface area contributed by atoms with Crippen molar-refractivity contribution in [3.8, 4) is 10.4 Å². The number of piperazine rings is 1. The minimum atomic E-state index is -4.41. The molecule has 1 aliphatic rings. The quantitative estimate of drug-likeness (QED) is 0.548. The van der Waals surface area contributed by atoms with Gasteiger partial charge in [0.05, 0.1) is 10.4 Å². The molecule has 0 radical (unpaired) electrons. The lowest BCUT2D eigenvalue weighted by molar-refractivity contribution is -0.137. The fraction of sp³-hybridized carbons (Fsp3) is 0.238. The first kappa shape index (κ1) is 20.3. The number of alkyl halides is 3. The molecule has 1 aromatic carbocycles. The molecule has 0 bridgehead atoms. The number of thiophene rings is 1. The molecule has 0 atom stereocenters. The van der Waals surface area contributed by atoms with Crippen molar-refractivity contribution in [2.75, 3.05) is 31.1 Å². The van der Waals surface area contributed by atoms with Gasteiger partial charge in [-0.25, -0.2) is 9.37 Å². The van der Waals surface area contributed by atoms with Crippen LogP contribution in [0.3, 0.4) is 0 Å². The smallest absolute Gasteiger partial charge is 0.353 e. The van der Waals surface area contributed by atoms with Gasteiger partial charge in [-0.15, -0.1) is 11.3 Å². The number of carbonyl (C=O) groups excluding carboxylic acids is 1. The monoisotopic (exact) mass is 435 g/mol. The first-order valence-electron chi connectivity index (χ1n) is 9.24. The van der Waals surface area contributed by atoms with Gasteiger partial charge in [0.2, 0.25) is 0 Å². The molecule has 156 valence electrons. The number of benzene rings is 1. The van der Waals surface area contributed by atoms with E-state index in [0.29, 0.717) is 36.9 Å². The van der Waals surface area contributed by atoms with Crippen molar-refractivity contribution in [2.24, 2.45) is 0 Å². The van der Waals surface area contributed by atoms with Crippen LogP contribution in [-0.4, -0.2) is 42.0 Å². The van der Waals surface area contributed by atoms with Crippen molar-refractivity contribution in [1.82, 2.24) is 9.88 Å². The van der Waals surface area contributed by atoms with E-state index in [9.17, 15) is 22.4 Å². The van der Waals surface area contributed by atoms with Gasteiger partial charge in [0.25, 0.3) is 5.91 Å². The molecule has 0 aliphatic carbocycles. The van der Waals surface area contributed by atoms with Crippen LogP contribution in [0.5, 0.6) is 0 Å². The third-order valence-corrected chi connectivity index (χ3v) is 6.03. The molecule has 30 heavy (non-hydrogen) atoms. The van der Waals surface area contributed by atoms with Gasteiger partial charge in [-0.3, -0.25) is 4.79 Å². The molecule has 1 saturated heterocycles. The van der Waals surface area contributed by atoms with E-state index in [4.69, 9.17) is 0 Å². The Hall–Kier alpha value is -2.94. The largest absolute Gasteiger partial charge is 0.417 e. The first-order chi connectivity index (χ1) is 14.3. The predicted molar refractivity (Wildman–Crippen MR) is 107 cm³/mol. The van der Waals surface area contributed by atoms with E-state index in [2.05, 4.69) is 4.98 Å². The van der Waals surface area contributed by atoms with E-state index in [-0.39, 0.29) is 11.7 Å². The maximum absolute atomic E-state index is 13.1. The summed E-state index contributed by atoms with van der Waals surface area (Å²) in [6.07, 6.45) is -3.58. The lowest BCUT2D eigenvalue weighted by Gasteiger charge is -2.35. The number of hydrogen-bond acceptors (Lipinski definition) is 4. The Kier molecular flexibility index (Phi) is 5.46. The van der Waals surface area contributed by atoms with E-state index in [1.807, 2.05) is 11.0 Å². The predicted octanol–water partition coefficient (Wildman–Crippen LogP) is 4.93. The zero-order chi connectivity index (χ0) is 21.3. The molecule has 3 aromatic rings. The molecular formula is C21H17F4N3OS. The number of rotatable bonds is 3. The Balaban J connectivity index is 1.38. The zero-order valence-corrected chi connectivity index (χ0v) is 16.5. The van der Waals surface area contributed by atoms with Crippen molar-refractivity contribution in [1.29, 1.82) is 0 Å². The number of anilines is 1. The Morgan fingerprint density at radius 3 is 2.23 bits per heavy atom. The second-order valence-electron chi connectivity index (χ2n) is 6.85. The number of nitrogens with zero attached hydrogens (tertiary/aromatic N) is 3. The standard InChI is InChI=1S/C21H17F4N3OS/c22-16-4-1-14(2-5-16)17-6-7-18(30-17)20(29)28-11-9-27(10-12-28)19-8-3-15(13-26-19)21(23,24)25/h1-8,13H,9-12H2. The molecule has 3 heterocycles. The van der Waals surface area contributed by atoms with Crippen molar-refractivity contribution < 1.29 is 22.4 Å². The van der Waals surface area contributed by atoms with E-state index in [1.54, 1.807) is 23.1 Å². The summed E-state index contributed by atoms with van der Waals surface area (Å²) in [7, 11) is 0. The van der Waals surface area contributed by atoms with Gasteiger partial charge in [-0.2, -0.15) is 13.2 Å². The van der Waals surface area contributed by atoms with Gasteiger partial charge in [0.1, 0.15) is 11.6 Å². The summed E-state index contributed by atoms with van der Waals surface area (Å²) in [6, 6.07) is 12.1. The fourth-order valence-corrected chi connectivity index (χ4v) is 4.24. The molecule has 0 N–H and O–H groups in total. The molecule has 1 aliphatic heterocycles. The van der Waals surface area contributed by atoms with E-state index in [1.165, 1.54) is 29.5 Å². The highest BCUT2D eigenvalue weighted by atomic mass is 32.1. The molecule has 1 fully saturated rings. The van der Waals surface area contributed by atoms with Crippen LogP contribution in [0.2, 0.25) is 0 Å². The third kappa shape index (κ3) is 4.30. The summed E-state index contributed by atoms with van der Waals surface area (Å²) in [6.45, 7) is 1.87. The highest BCUT2D eigenvalue weighted by Gasteiger charge is 2.31. The molecule has 0 saturated carbocycles. The number of carbonyl (C=O) groups is 1. The molecule has 9 heteroatoms. The molecular weight excluding hydrogens is 418 g/mol. The average molecular weight is 435 g/mol. The zero-order valence-electron chi connectivity index (χ0n) is 15.7. The molecule has 4 rings (SSSR count). The maximum Gasteiger partial charge on any atom is 0.417 e. The summed E-state index contributed by atoms with van der Waals surface area (Å²) in [4.78, 5) is 21.8. The molecule has 4 nitrogen and oxygen atoms in total. The first-order valence-corrected chi connectivity index (χ1v) is 10.1. The van der Waals surface area contributed by atoms with Gasteiger partial charge < -0.3 is 9.80 Å². The SMILES string of the molecule is O=C(c1ccc(-c2ccc(F)cc2)s1)N1CCN(c2ccc(C(F)(F)F)cn2)CC1. The van der Waals surface area contributed by atoms with Crippen molar-refractivity contribution >= 4 is 23.1 Å². The van der Waals surface area contributed by atoms with Gasteiger partial charge in [-0.05, 0) is 42.0 Å². The normalized spacial score (nSPS) is 14.8.